The van der Waals surface area contributed by atoms with E-state index in [9.17, 15) is 0 Å². The standard InChI is InChI=1S/C18H18N3/c1-12-6-8-20(3)16(10-12)18-13(2)4-5-15-14(18)11-17-19-7-9-21(15)17/h4-10H,11H2,1-3H3/q+1. The Morgan fingerprint density at radius 2 is 2.05 bits per heavy atom. The van der Waals surface area contributed by atoms with Gasteiger partial charge in [0.25, 0.3) is 0 Å². The van der Waals surface area contributed by atoms with E-state index in [-0.39, 0.29) is 0 Å². The van der Waals surface area contributed by atoms with Crippen LogP contribution in [0.15, 0.2) is 42.9 Å². The number of aromatic nitrogens is 3. The van der Waals surface area contributed by atoms with E-state index in [1.807, 2.05) is 6.20 Å². The number of pyridine rings is 1. The Morgan fingerprint density at radius 3 is 2.90 bits per heavy atom. The van der Waals surface area contributed by atoms with E-state index in [0.29, 0.717) is 0 Å². The van der Waals surface area contributed by atoms with Gasteiger partial charge in [0.1, 0.15) is 12.9 Å². The van der Waals surface area contributed by atoms with Gasteiger partial charge in [-0.25, -0.2) is 9.55 Å². The fourth-order valence-electron chi connectivity index (χ4n) is 3.28. The van der Waals surface area contributed by atoms with Crippen LogP contribution in [0.1, 0.15) is 22.5 Å². The molecule has 104 valence electrons. The van der Waals surface area contributed by atoms with E-state index in [0.717, 1.165) is 12.2 Å². The number of imidazole rings is 1. The molecule has 0 N–H and O–H groups in total. The Morgan fingerprint density at radius 1 is 1.19 bits per heavy atom. The van der Waals surface area contributed by atoms with Crippen molar-refractivity contribution in [3.63, 3.8) is 0 Å². The van der Waals surface area contributed by atoms with Crippen LogP contribution in [0, 0.1) is 13.8 Å². The van der Waals surface area contributed by atoms with Gasteiger partial charge in [-0.05, 0) is 36.6 Å². The number of aryl methyl sites for hydroxylation is 3. The quantitative estimate of drug-likeness (QED) is 0.490. The molecule has 0 aliphatic carbocycles. The Kier molecular flexibility index (Phi) is 2.52. The van der Waals surface area contributed by atoms with Gasteiger partial charge in [0, 0.05) is 30.9 Å². The van der Waals surface area contributed by atoms with Crippen LogP contribution in [0.5, 0.6) is 0 Å². The normalized spacial score (nSPS) is 12.3. The lowest BCUT2D eigenvalue weighted by molar-refractivity contribution is -0.660. The van der Waals surface area contributed by atoms with Gasteiger partial charge in [-0.2, -0.15) is 0 Å². The molecule has 2 aromatic heterocycles. The van der Waals surface area contributed by atoms with Crippen molar-refractivity contribution in [3.8, 4) is 16.9 Å². The van der Waals surface area contributed by atoms with Gasteiger partial charge < -0.3 is 4.57 Å². The molecule has 1 aliphatic heterocycles. The van der Waals surface area contributed by atoms with Crippen molar-refractivity contribution in [2.24, 2.45) is 7.05 Å². The number of benzene rings is 1. The molecular formula is C18H18N3+. The van der Waals surface area contributed by atoms with Crippen molar-refractivity contribution < 1.29 is 4.57 Å². The molecule has 3 aromatic rings. The summed E-state index contributed by atoms with van der Waals surface area (Å²) in [4.78, 5) is 4.47. The van der Waals surface area contributed by atoms with E-state index in [4.69, 9.17) is 0 Å². The molecule has 0 atom stereocenters. The molecule has 4 rings (SSSR count). The second kappa shape index (κ2) is 4.29. The zero-order valence-electron chi connectivity index (χ0n) is 12.6. The molecule has 0 fully saturated rings. The minimum absolute atomic E-state index is 0.910. The van der Waals surface area contributed by atoms with Crippen molar-refractivity contribution in [3.05, 3.63) is 65.4 Å². The zero-order chi connectivity index (χ0) is 14.6. The minimum atomic E-state index is 0.910. The highest BCUT2D eigenvalue weighted by atomic mass is 15.1. The van der Waals surface area contributed by atoms with Crippen LogP contribution in [-0.4, -0.2) is 9.55 Å². The maximum absolute atomic E-state index is 4.47. The molecule has 0 spiro atoms. The average molecular weight is 276 g/mol. The number of rotatable bonds is 1. The molecule has 3 heteroatoms. The summed E-state index contributed by atoms with van der Waals surface area (Å²) in [5.41, 5.74) is 7.89. The summed E-state index contributed by atoms with van der Waals surface area (Å²) in [6.07, 6.45) is 6.98. The van der Waals surface area contributed by atoms with E-state index >= 15 is 0 Å². The highest BCUT2D eigenvalue weighted by Crippen LogP contribution is 2.36. The first kappa shape index (κ1) is 12.3. The van der Waals surface area contributed by atoms with E-state index in [2.05, 4.69) is 71.7 Å². The molecule has 1 aliphatic rings. The second-order valence-electron chi connectivity index (χ2n) is 5.85. The molecule has 0 saturated carbocycles. The summed E-state index contributed by atoms with van der Waals surface area (Å²) in [5.74, 6) is 1.13. The highest BCUT2D eigenvalue weighted by Gasteiger charge is 2.26. The molecule has 1 aromatic carbocycles. The van der Waals surface area contributed by atoms with Crippen LogP contribution in [-0.2, 0) is 13.5 Å². The molecule has 3 heterocycles. The van der Waals surface area contributed by atoms with Gasteiger partial charge in [0.05, 0.1) is 11.3 Å². The average Bonchev–Trinajstić information content (AvgIpc) is 3.02. The van der Waals surface area contributed by atoms with Gasteiger partial charge >= 0.3 is 0 Å². The van der Waals surface area contributed by atoms with Crippen molar-refractivity contribution in [1.29, 1.82) is 0 Å². The van der Waals surface area contributed by atoms with E-state index in [1.54, 1.807) is 0 Å². The van der Waals surface area contributed by atoms with E-state index in [1.165, 1.54) is 33.6 Å². The maximum Gasteiger partial charge on any atom is 0.213 e. The number of hydrogen-bond acceptors (Lipinski definition) is 1. The summed E-state index contributed by atoms with van der Waals surface area (Å²) in [6.45, 7) is 4.34. The topological polar surface area (TPSA) is 21.7 Å². The van der Waals surface area contributed by atoms with Crippen molar-refractivity contribution >= 4 is 0 Å². The van der Waals surface area contributed by atoms with Crippen LogP contribution in [0.2, 0.25) is 0 Å². The molecule has 3 nitrogen and oxygen atoms in total. The number of hydrogen-bond donors (Lipinski definition) is 0. The van der Waals surface area contributed by atoms with Crippen LogP contribution in [0.3, 0.4) is 0 Å². The fourth-order valence-corrected chi connectivity index (χ4v) is 3.28. The van der Waals surface area contributed by atoms with Gasteiger partial charge in [-0.3, -0.25) is 0 Å². The second-order valence-corrected chi connectivity index (χ2v) is 5.85. The number of fused-ring (bicyclic) bond motifs is 3. The molecule has 0 amide bonds. The third-order valence-corrected chi connectivity index (χ3v) is 4.37. The predicted octanol–water partition coefficient (Wildman–Crippen LogP) is 2.88. The molecule has 21 heavy (non-hydrogen) atoms. The number of nitrogens with zero attached hydrogens (tertiary/aromatic N) is 3. The summed E-state index contributed by atoms with van der Waals surface area (Å²) >= 11 is 0. The van der Waals surface area contributed by atoms with Gasteiger partial charge in [-0.15, -0.1) is 0 Å². The monoisotopic (exact) mass is 276 g/mol. The lowest BCUT2D eigenvalue weighted by atomic mass is 9.95. The smallest absolute Gasteiger partial charge is 0.213 e. The largest absolute Gasteiger partial charge is 0.303 e. The summed E-state index contributed by atoms with van der Waals surface area (Å²) in [7, 11) is 2.11. The van der Waals surface area contributed by atoms with Crippen LogP contribution >= 0.6 is 0 Å². The summed E-state index contributed by atoms with van der Waals surface area (Å²) in [6, 6.07) is 8.84. The summed E-state index contributed by atoms with van der Waals surface area (Å²) in [5, 5.41) is 0. The van der Waals surface area contributed by atoms with Crippen molar-refractivity contribution in [2.75, 3.05) is 0 Å². The first-order chi connectivity index (χ1) is 10.1. The summed E-state index contributed by atoms with van der Waals surface area (Å²) < 4.78 is 4.41. The lowest BCUT2D eigenvalue weighted by Gasteiger charge is -2.11. The maximum atomic E-state index is 4.47. The third-order valence-electron chi connectivity index (χ3n) is 4.37. The lowest BCUT2D eigenvalue weighted by Crippen LogP contribution is -2.31. The Bertz CT molecular complexity index is 859. The molecule has 0 unspecified atom stereocenters. The predicted molar refractivity (Wildman–Crippen MR) is 82.5 cm³/mol. The van der Waals surface area contributed by atoms with Gasteiger partial charge in [0.2, 0.25) is 5.69 Å². The third kappa shape index (κ3) is 1.74. The van der Waals surface area contributed by atoms with E-state index < -0.39 is 0 Å². The Labute approximate surface area is 124 Å². The molecule has 0 bridgehead atoms. The Balaban J connectivity index is 2.02. The fraction of sp³-hybridized carbons (Fsp3) is 0.222. The highest BCUT2D eigenvalue weighted by molar-refractivity contribution is 5.73. The van der Waals surface area contributed by atoms with Crippen molar-refractivity contribution in [2.45, 2.75) is 20.3 Å². The van der Waals surface area contributed by atoms with Gasteiger partial charge in [-0.1, -0.05) is 6.07 Å². The van der Waals surface area contributed by atoms with Crippen LogP contribution in [0.4, 0.5) is 0 Å². The SMILES string of the molecule is Cc1cc[n+](C)c(-c2c(C)ccc3c2Cc2nccn2-3)c1. The molecular weight excluding hydrogens is 258 g/mol. The Hall–Kier alpha value is -2.42. The zero-order valence-corrected chi connectivity index (χ0v) is 12.6. The van der Waals surface area contributed by atoms with Crippen molar-refractivity contribution in [1.82, 2.24) is 9.55 Å². The first-order valence-electron chi connectivity index (χ1n) is 7.27. The first-order valence-corrected chi connectivity index (χ1v) is 7.27. The van der Waals surface area contributed by atoms with Crippen LogP contribution < -0.4 is 4.57 Å². The molecule has 0 radical (unpaired) electrons. The van der Waals surface area contributed by atoms with Gasteiger partial charge in [0.15, 0.2) is 6.20 Å². The van der Waals surface area contributed by atoms with Crippen LogP contribution in [0.25, 0.3) is 16.9 Å². The minimum Gasteiger partial charge on any atom is -0.303 e. The molecule has 0 saturated heterocycles.